The normalized spacial score (nSPS) is 27.5. The van der Waals surface area contributed by atoms with Crippen molar-refractivity contribution >= 4 is 0 Å². The van der Waals surface area contributed by atoms with Crippen molar-refractivity contribution in [3.63, 3.8) is 0 Å². The van der Waals surface area contributed by atoms with E-state index in [-0.39, 0.29) is 6.29 Å². The van der Waals surface area contributed by atoms with Crippen molar-refractivity contribution in [2.45, 2.75) is 26.1 Å². The van der Waals surface area contributed by atoms with Gasteiger partial charge in [0.1, 0.15) is 0 Å². The quantitative estimate of drug-likeness (QED) is 0.669. The Labute approximate surface area is 90.7 Å². The molecule has 2 rings (SSSR count). The molecule has 1 atom stereocenters. The molecule has 1 saturated heterocycles. The van der Waals surface area contributed by atoms with Crippen molar-refractivity contribution in [3.05, 3.63) is 23.5 Å². The number of allylic oxidation sites excluding steroid dienone is 3. The number of hydrogen-bond donors (Lipinski definition) is 0. The number of methoxy groups -OCH3 is 1. The standard InChI is InChI=1S/C12H18O3/c1-9-5-10(7-11(6-9)13-2)8-12-14-3-4-15-12/h5,7,10,12H,3-4,6,8H2,1-2H3. The van der Waals surface area contributed by atoms with Crippen molar-refractivity contribution in [2.24, 2.45) is 5.92 Å². The molecule has 0 aromatic heterocycles. The molecule has 1 aliphatic heterocycles. The zero-order chi connectivity index (χ0) is 10.7. The Morgan fingerprint density at radius 2 is 2.07 bits per heavy atom. The zero-order valence-corrected chi connectivity index (χ0v) is 9.36. The van der Waals surface area contributed by atoms with Gasteiger partial charge in [-0.05, 0) is 13.0 Å². The van der Waals surface area contributed by atoms with Gasteiger partial charge in [0.15, 0.2) is 6.29 Å². The first-order valence-electron chi connectivity index (χ1n) is 5.43. The highest BCUT2D eigenvalue weighted by molar-refractivity contribution is 5.20. The molecule has 0 aromatic rings. The van der Waals surface area contributed by atoms with Crippen LogP contribution in [0.25, 0.3) is 0 Å². The highest BCUT2D eigenvalue weighted by atomic mass is 16.7. The van der Waals surface area contributed by atoms with Crippen LogP contribution in [0.3, 0.4) is 0 Å². The van der Waals surface area contributed by atoms with Crippen molar-refractivity contribution in [1.29, 1.82) is 0 Å². The fourth-order valence-corrected chi connectivity index (χ4v) is 2.09. The van der Waals surface area contributed by atoms with Crippen molar-refractivity contribution in [2.75, 3.05) is 20.3 Å². The van der Waals surface area contributed by atoms with Crippen LogP contribution < -0.4 is 0 Å². The van der Waals surface area contributed by atoms with E-state index in [1.807, 2.05) is 0 Å². The van der Waals surface area contributed by atoms with Crippen LogP contribution in [-0.4, -0.2) is 26.6 Å². The Morgan fingerprint density at radius 1 is 1.33 bits per heavy atom. The summed E-state index contributed by atoms with van der Waals surface area (Å²) in [5.74, 6) is 1.44. The van der Waals surface area contributed by atoms with Gasteiger partial charge in [0.05, 0.1) is 26.1 Å². The fraction of sp³-hybridized carbons (Fsp3) is 0.667. The average molecular weight is 210 g/mol. The second kappa shape index (κ2) is 4.81. The van der Waals surface area contributed by atoms with Gasteiger partial charge < -0.3 is 14.2 Å². The molecule has 1 heterocycles. The van der Waals surface area contributed by atoms with E-state index in [4.69, 9.17) is 14.2 Å². The molecule has 0 saturated carbocycles. The third kappa shape index (κ3) is 2.83. The minimum Gasteiger partial charge on any atom is -0.501 e. The Morgan fingerprint density at radius 3 is 2.73 bits per heavy atom. The van der Waals surface area contributed by atoms with Gasteiger partial charge in [-0.25, -0.2) is 0 Å². The number of hydrogen-bond acceptors (Lipinski definition) is 3. The third-order valence-corrected chi connectivity index (χ3v) is 2.77. The molecule has 1 aliphatic carbocycles. The lowest BCUT2D eigenvalue weighted by molar-refractivity contribution is -0.0508. The van der Waals surface area contributed by atoms with Crippen molar-refractivity contribution in [3.8, 4) is 0 Å². The van der Waals surface area contributed by atoms with Crippen LogP contribution in [0.15, 0.2) is 23.5 Å². The summed E-state index contributed by atoms with van der Waals surface area (Å²) in [6.45, 7) is 3.58. The molecule has 0 aromatic carbocycles. The van der Waals surface area contributed by atoms with Crippen LogP contribution in [0.4, 0.5) is 0 Å². The molecule has 0 bridgehead atoms. The second-order valence-corrected chi connectivity index (χ2v) is 4.10. The van der Waals surface area contributed by atoms with E-state index in [1.54, 1.807) is 7.11 Å². The van der Waals surface area contributed by atoms with Gasteiger partial charge in [0.25, 0.3) is 0 Å². The summed E-state index contributed by atoms with van der Waals surface area (Å²) in [5.41, 5.74) is 1.36. The number of rotatable bonds is 3. The first-order chi connectivity index (χ1) is 7.28. The Bertz CT molecular complexity index is 275. The van der Waals surface area contributed by atoms with Gasteiger partial charge in [0.2, 0.25) is 0 Å². The maximum Gasteiger partial charge on any atom is 0.158 e. The molecule has 3 heteroatoms. The van der Waals surface area contributed by atoms with E-state index in [1.165, 1.54) is 5.57 Å². The van der Waals surface area contributed by atoms with E-state index in [2.05, 4.69) is 19.1 Å². The monoisotopic (exact) mass is 210 g/mol. The summed E-state index contributed by atoms with van der Waals surface area (Å²) in [5, 5.41) is 0. The highest BCUT2D eigenvalue weighted by Crippen LogP contribution is 2.27. The van der Waals surface area contributed by atoms with Gasteiger partial charge in [-0.2, -0.15) is 0 Å². The van der Waals surface area contributed by atoms with Crippen LogP contribution in [0, 0.1) is 5.92 Å². The Kier molecular flexibility index (Phi) is 3.44. The lowest BCUT2D eigenvalue weighted by Gasteiger charge is -2.20. The van der Waals surface area contributed by atoms with Crippen LogP contribution in [0.5, 0.6) is 0 Å². The smallest absolute Gasteiger partial charge is 0.158 e. The minimum absolute atomic E-state index is 0.0356. The average Bonchev–Trinajstić information content (AvgIpc) is 2.69. The predicted octanol–water partition coefficient (Wildman–Crippen LogP) is 2.25. The molecule has 3 nitrogen and oxygen atoms in total. The van der Waals surface area contributed by atoms with Crippen LogP contribution in [0.1, 0.15) is 19.8 Å². The SMILES string of the molecule is COC1=CC(CC2OCCO2)C=C(C)C1. The largest absolute Gasteiger partial charge is 0.501 e. The molecule has 0 N–H and O–H groups in total. The first kappa shape index (κ1) is 10.7. The van der Waals surface area contributed by atoms with Crippen molar-refractivity contribution in [1.82, 2.24) is 0 Å². The van der Waals surface area contributed by atoms with Crippen molar-refractivity contribution < 1.29 is 14.2 Å². The van der Waals surface area contributed by atoms with Crippen LogP contribution in [-0.2, 0) is 14.2 Å². The maximum absolute atomic E-state index is 5.44. The molecule has 0 radical (unpaired) electrons. The minimum atomic E-state index is -0.0356. The molecule has 2 aliphatic rings. The molecule has 0 spiro atoms. The van der Waals surface area contributed by atoms with Gasteiger partial charge in [-0.15, -0.1) is 0 Å². The summed E-state index contributed by atoms with van der Waals surface area (Å²) in [6, 6.07) is 0. The van der Waals surface area contributed by atoms with Crippen LogP contribution in [0.2, 0.25) is 0 Å². The molecule has 1 unspecified atom stereocenters. The van der Waals surface area contributed by atoms with E-state index in [9.17, 15) is 0 Å². The summed E-state index contributed by atoms with van der Waals surface area (Å²) in [4.78, 5) is 0. The summed E-state index contributed by atoms with van der Waals surface area (Å²) in [7, 11) is 1.73. The fourth-order valence-electron chi connectivity index (χ4n) is 2.09. The first-order valence-corrected chi connectivity index (χ1v) is 5.43. The zero-order valence-electron chi connectivity index (χ0n) is 9.36. The third-order valence-electron chi connectivity index (χ3n) is 2.77. The van der Waals surface area contributed by atoms with Gasteiger partial charge >= 0.3 is 0 Å². The molecule has 1 fully saturated rings. The van der Waals surface area contributed by atoms with E-state index < -0.39 is 0 Å². The highest BCUT2D eigenvalue weighted by Gasteiger charge is 2.21. The summed E-state index contributed by atoms with van der Waals surface area (Å²) < 4.78 is 16.2. The number of ether oxygens (including phenoxy) is 3. The molecule has 84 valence electrons. The molecular weight excluding hydrogens is 192 g/mol. The second-order valence-electron chi connectivity index (χ2n) is 4.10. The Hall–Kier alpha value is -0.800. The lowest BCUT2D eigenvalue weighted by atomic mass is 9.94. The summed E-state index contributed by atoms with van der Waals surface area (Å²) >= 11 is 0. The van der Waals surface area contributed by atoms with Gasteiger partial charge in [0, 0.05) is 18.8 Å². The molecule has 0 amide bonds. The molecular formula is C12H18O3. The topological polar surface area (TPSA) is 27.7 Å². The van der Waals surface area contributed by atoms with Crippen LogP contribution >= 0.6 is 0 Å². The van der Waals surface area contributed by atoms with E-state index in [0.717, 1.165) is 31.8 Å². The lowest BCUT2D eigenvalue weighted by Crippen LogP contribution is -2.14. The predicted molar refractivity (Wildman–Crippen MR) is 57.3 cm³/mol. The van der Waals surface area contributed by atoms with E-state index >= 15 is 0 Å². The van der Waals surface area contributed by atoms with Gasteiger partial charge in [-0.1, -0.05) is 11.6 Å². The van der Waals surface area contributed by atoms with E-state index in [0.29, 0.717) is 5.92 Å². The Balaban J connectivity index is 1.94. The van der Waals surface area contributed by atoms with Gasteiger partial charge in [-0.3, -0.25) is 0 Å². The molecule has 15 heavy (non-hydrogen) atoms. The maximum atomic E-state index is 5.44. The summed E-state index contributed by atoms with van der Waals surface area (Å²) in [6.07, 6.45) is 6.22.